The summed E-state index contributed by atoms with van der Waals surface area (Å²) in [5.41, 5.74) is 3.44. The summed E-state index contributed by atoms with van der Waals surface area (Å²) in [4.78, 5) is 13.0. The molecule has 34 heavy (non-hydrogen) atoms. The van der Waals surface area contributed by atoms with Crippen LogP contribution in [0, 0.1) is 20.8 Å². The van der Waals surface area contributed by atoms with E-state index in [-0.39, 0.29) is 10.6 Å². The Bertz CT molecular complexity index is 1300. The zero-order valence-corrected chi connectivity index (χ0v) is 21.3. The summed E-state index contributed by atoms with van der Waals surface area (Å²) < 4.78 is 39.1. The summed E-state index contributed by atoms with van der Waals surface area (Å²) in [5, 5.41) is 3.23. The highest BCUT2D eigenvalue weighted by molar-refractivity contribution is 7.92. The predicted octanol–water partition coefficient (Wildman–Crippen LogP) is 5.12. The van der Waals surface area contributed by atoms with Gasteiger partial charge in [0.2, 0.25) is 5.91 Å². The summed E-state index contributed by atoms with van der Waals surface area (Å²) >= 11 is 6.06. The number of sulfonamides is 1. The number of amides is 1. The van der Waals surface area contributed by atoms with Gasteiger partial charge in [0.1, 0.15) is 6.54 Å². The van der Waals surface area contributed by atoms with E-state index in [0.717, 1.165) is 21.0 Å². The molecule has 0 spiro atoms. The van der Waals surface area contributed by atoms with Gasteiger partial charge in [0.25, 0.3) is 10.0 Å². The molecule has 0 aromatic heterocycles. The van der Waals surface area contributed by atoms with Gasteiger partial charge >= 0.3 is 0 Å². The van der Waals surface area contributed by atoms with E-state index in [9.17, 15) is 13.2 Å². The molecule has 7 nitrogen and oxygen atoms in total. The average molecular weight is 503 g/mol. The maximum Gasteiger partial charge on any atom is 0.264 e. The largest absolute Gasteiger partial charge is 0.493 e. The Balaban J connectivity index is 2.05. The van der Waals surface area contributed by atoms with Gasteiger partial charge in [0, 0.05) is 16.8 Å². The van der Waals surface area contributed by atoms with Crippen molar-refractivity contribution in [1.29, 1.82) is 0 Å². The number of carbonyl (C=O) groups is 1. The van der Waals surface area contributed by atoms with E-state index in [1.54, 1.807) is 30.3 Å². The first-order valence-electron chi connectivity index (χ1n) is 10.4. The molecule has 3 aromatic carbocycles. The third-order valence-corrected chi connectivity index (χ3v) is 7.20. The number of hydrogen-bond acceptors (Lipinski definition) is 5. The van der Waals surface area contributed by atoms with E-state index >= 15 is 0 Å². The lowest BCUT2D eigenvalue weighted by Crippen LogP contribution is -2.38. The minimum atomic E-state index is -4.14. The second kappa shape index (κ2) is 10.4. The fraction of sp³-hybridized carbons (Fsp3) is 0.240. The molecular weight excluding hydrogens is 476 g/mol. The number of benzene rings is 3. The molecule has 1 N–H and O–H groups in total. The monoisotopic (exact) mass is 502 g/mol. The molecule has 3 aromatic rings. The summed E-state index contributed by atoms with van der Waals surface area (Å²) in [6.07, 6.45) is 0. The predicted molar refractivity (Wildman–Crippen MR) is 135 cm³/mol. The number of halogens is 1. The maximum absolute atomic E-state index is 13.8. The van der Waals surface area contributed by atoms with Gasteiger partial charge in [-0.2, -0.15) is 0 Å². The number of hydrogen-bond donors (Lipinski definition) is 1. The molecule has 0 radical (unpaired) electrons. The average Bonchev–Trinajstić information content (AvgIpc) is 2.78. The fourth-order valence-corrected chi connectivity index (χ4v) is 5.16. The Morgan fingerprint density at radius 3 is 2.18 bits per heavy atom. The molecule has 0 bridgehead atoms. The highest BCUT2D eigenvalue weighted by atomic mass is 35.5. The number of methoxy groups -OCH3 is 2. The highest BCUT2D eigenvalue weighted by Crippen LogP contribution is 2.33. The van der Waals surface area contributed by atoms with Gasteiger partial charge in [-0.15, -0.1) is 0 Å². The van der Waals surface area contributed by atoms with Crippen molar-refractivity contribution in [1.82, 2.24) is 0 Å². The molecule has 0 aliphatic heterocycles. The first-order chi connectivity index (χ1) is 16.0. The standard InChI is InChI=1S/C25H27ClN2O5S/c1-16-10-17(2)12-20(11-16)28(15-25(29)27-22-13-19(26)7-6-18(22)3)34(30,31)21-8-9-23(32-4)24(14-21)33-5/h6-14H,15H2,1-5H3,(H,27,29). The van der Waals surface area contributed by atoms with Crippen LogP contribution in [0.4, 0.5) is 11.4 Å². The van der Waals surface area contributed by atoms with Gasteiger partial charge in [-0.3, -0.25) is 9.10 Å². The molecule has 0 atom stereocenters. The van der Waals surface area contributed by atoms with E-state index in [1.165, 1.54) is 32.4 Å². The Labute approximate surface area is 205 Å². The van der Waals surface area contributed by atoms with E-state index in [4.69, 9.17) is 21.1 Å². The highest BCUT2D eigenvalue weighted by Gasteiger charge is 2.29. The third-order valence-electron chi connectivity index (χ3n) is 5.20. The van der Waals surface area contributed by atoms with Gasteiger partial charge in [-0.1, -0.05) is 23.7 Å². The van der Waals surface area contributed by atoms with Crippen LogP contribution < -0.4 is 19.1 Å². The number of carbonyl (C=O) groups excluding carboxylic acids is 1. The summed E-state index contributed by atoms with van der Waals surface area (Å²) in [6.45, 7) is 5.12. The van der Waals surface area contributed by atoms with Crippen LogP contribution in [-0.2, 0) is 14.8 Å². The van der Waals surface area contributed by atoms with Crippen molar-refractivity contribution < 1.29 is 22.7 Å². The molecular formula is C25H27ClN2O5S. The molecule has 180 valence electrons. The van der Waals surface area contributed by atoms with Crippen molar-refractivity contribution in [3.8, 4) is 11.5 Å². The quantitative estimate of drug-likeness (QED) is 0.462. The summed E-state index contributed by atoms with van der Waals surface area (Å²) in [5.74, 6) is 0.158. The van der Waals surface area contributed by atoms with Crippen LogP contribution in [0.2, 0.25) is 5.02 Å². The number of aryl methyl sites for hydroxylation is 3. The van der Waals surface area contributed by atoms with Crippen LogP contribution in [0.3, 0.4) is 0 Å². The smallest absolute Gasteiger partial charge is 0.264 e. The zero-order valence-electron chi connectivity index (χ0n) is 19.7. The SMILES string of the molecule is COc1ccc(S(=O)(=O)N(CC(=O)Nc2cc(Cl)ccc2C)c2cc(C)cc(C)c2)cc1OC. The number of nitrogens with zero attached hydrogens (tertiary/aromatic N) is 1. The Kier molecular flexibility index (Phi) is 7.74. The lowest BCUT2D eigenvalue weighted by Gasteiger charge is -2.25. The van der Waals surface area contributed by atoms with Crippen LogP contribution in [0.15, 0.2) is 59.5 Å². The second-order valence-electron chi connectivity index (χ2n) is 7.88. The Hall–Kier alpha value is -3.23. The van der Waals surface area contributed by atoms with Crippen LogP contribution in [0.25, 0.3) is 0 Å². The molecule has 0 saturated heterocycles. The number of nitrogens with one attached hydrogen (secondary N) is 1. The van der Waals surface area contributed by atoms with Gasteiger partial charge in [0.05, 0.1) is 24.8 Å². The molecule has 9 heteroatoms. The molecule has 0 heterocycles. The van der Waals surface area contributed by atoms with Crippen molar-refractivity contribution in [2.75, 3.05) is 30.4 Å². The van der Waals surface area contributed by atoms with Gasteiger partial charge in [0.15, 0.2) is 11.5 Å². The van der Waals surface area contributed by atoms with Crippen molar-refractivity contribution in [2.45, 2.75) is 25.7 Å². The number of ether oxygens (including phenoxy) is 2. The Morgan fingerprint density at radius 1 is 0.912 bits per heavy atom. The Morgan fingerprint density at radius 2 is 1.56 bits per heavy atom. The van der Waals surface area contributed by atoms with Crippen LogP contribution in [0.1, 0.15) is 16.7 Å². The van der Waals surface area contributed by atoms with Crippen molar-refractivity contribution in [3.05, 3.63) is 76.3 Å². The molecule has 1 amide bonds. The topological polar surface area (TPSA) is 84.9 Å². The van der Waals surface area contributed by atoms with E-state index in [2.05, 4.69) is 5.32 Å². The van der Waals surface area contributed by atoms with Gasteiger partial charge < -0.3 is 14.8 Å². The molecule has 0 unspecified atom stereocenters. The van der Waals surface area contributed by atoms with Crippen molar-refractivity contribution in [2.24, 2.45) is 0 Å². The first-order valence-corrected chi connectivity index (χ1v) is 12.3. The van der Waals surface area contributed by atoms with Gasteiger partial charge in [-0.05, 0) is 73.9 Å². The normalized spacial score (nSPS) is 11.1. The van der Waals surface area contributed by atoms with Crippen LogP contribution in [0.5, 0.6) is 11.5 Å². The van der Waals surface area contributed by atoms with Crippen molar-refractivity contribution in [3.63, 3.8) is 0 Å². The molecule has 0 aliphatic carbocycles. The maximum atomic E-state index is 13.8. The van der Waals surface area contributed by atoms with Gasteiger partial charge in [-0.25, -0.2) is 8.42 Å². The van der Waals surface area contributed by atoms with Crippen LogP contribution >= 0.6 is 11.6 Å². The van der Waals surface area contributed by atoms with E-state index < -0.39 is 22.5 Å². The van der Waals surface area contributed by atoms with E-state index in [1.807, 2.05) is 26.8 Å². The molecule has 3 rings (SSSR count). The van der Waals surface area contributed by atoms with Crippen molar-refractivity contribution >= 4 is 38.9 Å². The fourth-order valence-electron chi connectivity index (χ4n) is 3.56. The second-order valence-corrected chi connectivity index (χ2v) is 10.2. The number of anilines is 2. The lowest BCUT2D eigenvalue weighted by atomic mass is 10.1. The summed E-state index contributed by atoms with van der Waals surface area (Å²) in [7, 11) is -1.24. The zero-order chi connectivity index (χ0) is 25.0. The first kappa shape index (κ1) is 25.4. The summed E-state index contributed by atoms with van der Waals surface area (Å²) in [6, 6.07) is 14.8. The molecule has 0 saturated carbocycles. The third kappa shape index (κ3) is 5.63. The van der Waals surface area contributed by atoms with Crippen LogP contribution in [-0.4, -0.2) is 35.1 Å². The lowest BCUT2D eigenvalue weighted by molar-refractivity contribution is -0.114. The minimum absolute atomic E-state index is 0.0314. The molecule has 0 fully saturated rings. The minimum Gasteiger partial charge on any atom is -0.493 e. The molecule has 0 aliphatic rings. The number of rotatable bonds is 8. The van der Waals surface area contributed by atoms with E-state index in [0.29, 0.717) is 22.1 Å².